The lowest BCUT2D eigenvalue weighted by Crippen LogP contribution is -2.53. The van der Waals surface area contributed by atoms with Crippen molar-refractivity contribution < 1.29 is 14.3 Å². The molecule has 1 N–H and O–H groups in total. The maximum atomic E-state index is 12.8. The fraction of sp³-hybridized carbons (Fsp3) is 0.600. The number of nitrogens with one attached hydrogen (secondary N) is 1. The lowest BCUT2D eigenvalue weighted by molar-refractivity contribution is -0.144. The van der Waals surface area contributed by atoms with E-state index >= 15 is 0 Å². The minimum absolute atomic E-state index is 0.0615. The topological polar surface area (TPSA) is 58.6 Å². The number of ether oxygens (including phenoxy) is 1. The molecule has 1 aliphatic heterocycles. The average Bonchev–Trinajstić information content (AvgIpc) is 2.65. The molecule has 2 rings (SSSR count). The molecule has 0 fully saturated rings. The van der Waals surface area contributed by atoms with Crippen LogP contribution in [0.5, 0.6) is 0 Å². The Morgan fingerprint density at radius 2 is 2.00 bits per heavy atom. The van der Waals surface area contributed by atoms with Gasteiger partial charge >= 0.3 is 0 Å². The molecule has 25 heavy (non-hydrogen) atoms. The highest BCUT2D eigenvalue weighted by molar-refractivity contribution is 5.89. The molecule has 1 heterocycles. The number of nitrogens with zero attached hydrogens (tertiary/aromatic N) is 1. The normalized spacial score (nSPS) is 17.7. The van der Waals surface area contributed by atoms with E-state index in [1.165, 1.54) is 0 Å². The van der Waals surface area contributed by atoms with Gasteiger partial charge in [0.15, 0.2) is 0 Å². The third kappa shape index (κ3) is 5.05. The molecule has 5 nitrogen and oxygen atoms in total. The smallest absolute Gasteiger partial charge is 0.243 e. The molecule has 2 atom stereocenters. The highest BCUT2D eigenvalue weighted by Crippen LogP contribution is 2.25. The summed E-state index contributed by atoms with van der Waals surface area (Å²) < 4.78 is 5.30. The van der Waals surface area contributed by atoms with Crippen LogP contribution >= 0.6 is 0 Å². The van der Waals surface area contributed by atoms with Crippen LogP contribution in [0.25, 0.3) is 0 Å². The standard InChI is InChI=1S/C20H30N2O3/c1-4-15(3)20(24)22-14-17-10-7-6-9-16(17)13-18(22)19(23)21-11-8-12-25-5-2/h6-7,9-10,15,18H,4-5,8,11-14H2,1-3H3,(H,21,23)/t15-,18-/m0/s1. The molecule has 0 unspecified atom stereocenters. The Hall–Kier alpha value is -1.88. The van der Waals surface area contributed by atoms with E-state index in [0.29, 0.717) is 32.7 Å². The minimum atomic E-state index is -0.427. The van der Waals surface area contributed by atoms with Crippen LogP contribution in [0.15, 0.2) is 24.3 Å². The third-order valence-corrected chi connectivity index (χ3v) is 4.84. The second-order valence-electron chi connectivity index (χ2n) is 6.61. The predicted octanol–water partition coefficient (Wildman–Crippen LogP) is 2.53. The van der Waals surface area contributed by atoms with Gasteiger partial charge in [-0.15, -0.1) is 0 Å². The van der Waals surface area contributed by atoms with E-state index < -0.39 is 6.04 Å². The average molecular weight is 346 g/mol. The van der Waals surface area contributed by atoms with Crippen molar-refractivity contribution in [3.63, 3.8) is 0 Å². The van der Waals surface area contributed by atoms with E-state index in [1.807, 2.05) is 39.0 Å². The molecular weight excluding hydrogens is 316 g/mol. The molecule has 0 saturated heterocycles. The van der Waals surface area contributed by atoms with Gasteiger partial charge in [0.1, 0.15) is 6.04 Å². The zero-order chi connectivity index (χ0) is 18.2. The Kier molecular flexibility index (Phi) is 7.44. The van der Waals surface area contributed by atoms with Gasteiger partial charge in [-0.05, 0) is 30.9 Å². The van der Waals surface area contributed by atoms with Crippen LogP contribution in [0.2, 0.25) is 0 Å². The van der Waals surface area contributed by atoms with E-state index in [0.717, 1.165) is 24.0 Å². The Morgan fingerprint density at radius 1 is 1.28 bits per heavy atom. The van der Waals surface area contributed by atoms with Gasteiger partial charge in [-0.2, -0.15) is 0 Å². The van der Waals surface area contributed by atoms with Crippen molar-refractivity contribution in [2.24, 2.45) is 5.92 Å². The Bertz CT molecular complexity index is 588. The van der Waals surface area contributed by atoms with Gasteiger partial charge in [0, 0.05) is 38.6 Å². The van der Waals surface area contributed by atoms with Crippen LogP contribution in [0.3, 0.4) is 0 Å². The maximum absolute atomic E-state index is 12.8. The van der Waals surface area contributed by atoms with E-state index in [2.05, 4.69) is 11.4 Å². The molecule has 0 bridgehead atoms. The van der Waals surface area contributed by atoms with Gasteiger partial charge in [0.05, 0.1) is 0 Å². The monoisotopic (exact) mass is 346 g/mol. The molecule has 1 aromatic carbocycles. The second kappa shape index (κ2) is 9.56. The summed E-state index contributed by atoms with van der Waals surface area (Å²) in [5.74, 6) is -0.0763. The van der Waals surface area contributed by atoms with Crippen molar-refractivity contribution in [3.05, 3.63) is 35.4 Å². The summed E-state index contributed by atoms with van der Waals surface area (Å²) in [5.41, 5.74) is 2.30. The van der Waals surface area contributed by atoms with E-state index in [1.54, 1.807) is 4.90 Å². The summed E-state index contributed by atoms with van der Waals surface area (Å²) in [6.45, 7) is 8.29. The fourth-order valence-corrected chi connectivity index (χ4v) is 3.09. The highest BCUT2D eigenvalue weighted by atomic mass is 16.5. The van der Waals surface area contributed by atoms with Crippen LogP contribution in [-0.2, 0) is 27.3 Å². The van der Waals surface area contributed by atoms with E-state index in [4.69, 9.17) is 4.74 Å². The fourth-order valence-electron chi connectivity index (χ4n) is 3.09. The predicted molar refractivity (Wildman–Crippen MR) is 98.1 cm³/mol. The second-order valence-corrected chi connectivity index (χ2v) is 6.61. The number of carbonyl (C=O) groups is 2. The van der Waals surface area contributed by atoms with Gasteiger partial charge in [-0.1, -0.05) is 38.1 Å². The Labute approximate surface area is 150 Å². The van der Waals surface area contributed by atoms with E-state index in [9.17, 15) is 9.59 Å². The first kappa shape index (κ1) is 19.4. The molecule has 1 aromatic rings. The number of benzene rings is 1. The number of amides is 2. The molecule has 0 radical (unpaired) electrons. The van der Waals surface area contributed by atoms with Crippen molar-refractivity contribution in [2.45, 2.75) is 52.6 Å². The molecular formula is C20H30N2O3. The van der Waals surface area contributed by atoms with Crippen LogP contribution in [0.4, 0.5) is 0 Å². The van der Waals surface area contributed by atoms with Gasteiger partial charge in [-0.25, -0.2) is 0 Å². The van der Waals surface area contributed by atoms with Gasteiger partial charge in [0.2, 0.25) is 11.8 Å². The highest BCUT2D eigenvalue weighted by Gasteiger charge is 2.35. The third-order valence-electron chi connectivity index (χ3n) is 4.84. The van der Waals surface area contributed by atoms with Crippen molar-refractivity contribution in [1.29, 1.82) is 0 Å². The van der Waals surface area contributed by atoms with Gasteiger partial charge in [0.25, 0.3) is 0 Å². The molecule has 138 valence electrons. The quantitative estimate of drug-likeness (QED) is 0.736. The van der Waals surface area contributed by atoms with Crippen LogP contribution < -0.4 is 5.32 Å². The number of rotatable bonds is 8. The van der Waals surface area contributed by atoms with Crippen LogP contribution in [0.1, 0.15) is 44.7 Å². The number of fused-ring (bicyclic) bond motifs is 1. The number of hydrogen-bond donors (Lipinski definition) is 1. The maximum Gasteiger partial charge on any atom is 0.243 e. The first-order valence-electron chi connectivity index (χ1n) is 9.31. The zero-order valence-electron chi connectivity index (χ0n) is 15.6. The Morgan fingerprint density at radius 3 is 2.68 bits per heavy atom. The molecule has 0 aromatic heterocycles. The van der Waals surface area contributed by atoms with Gasteiger partial charge < -0.3 is 15.0 Å². The van der Waals surface area contributed by atoms with E-state index in [-0.39, 0.29) is 17.7 Å². The summed E-state index contributed by atoms with van der Waals surface area (Å²) in [5, 5.41) is 2.97. The molecule has 2 amide bonds. The Balaban J connectivity index is 2.08. The van der Waals surface area contributed by atoms with Crippen molar-refractivity contribution >= 4 is 11.8 Å². The largest absolute Gasteiger partial charge is 0.382 e. The molecule has 1 aliphatic rings. The first-order valence-corrected chi connectivity index (χ1v) is 9.31. The van der Waals surface area contributed by atoms with Crippen molar-refractivity contribution in [3.8, 4) is 0 Å². The molecule has 0 saturated carbocycles. The van der Waals surface area contributed by atoms with Gasteiger partial charge in [-0.3, -0.25) is 9.59 Å². The summed E-state index contributed by atoms with van der Waals surface area (Å²) in [4.78, 5) is 27.3. The first-order chi connectivity index (χ1) is 12.1. The minimum Gasteiger partial charge on any atom is -0.382 e. The zero-order valence-corrected chi connectivity index (χ0v) is 15.6. The summed E-state index contributed by atoms with van der Waals surface area (Å²) >= 11 is 0. The van der Waals surface area contributed by atoms with Crippen LogP contribution in [0, 0.1) is 5.92 Å². The molecule has 0 aliphatic carbocycles. The molecule has 0 spiro atoms. The lowest BCUT2D eigenvalue weighted by Gasteiger charge is -2.37. The number of hydrogen-bond acceptors (Lipinski definition) is 3. The lowest BCUT2D eigenvalue weighted by atomic mass is 9.92. The van der Waals surface area contributed by atoms with Crippen molar-refractivity contribution in [1.82, 2.24) is 10.2 Å². The van der Waals surface area contributed by atoms with Crippen molar-refractivity contribution in [2.75, 3.05) is 19.8 Å². The molecule has 5 heteroatoms. The summed E-state index contributed by atoms with van der Waals surface area (Å²) in [6.07, 6.45) is 2.14. The summed E-state index contributed by atoms with van der Waals surface area (Å²) in [7, 11) is 0. The SMILES string of the molecule is CCOCCCNC(=O)[C@@H]1Cc2ccccc2CN1C(=O)[C@@H](C)CC. The number of carbonyl (C=O) groups excluding carboxylic acids is 2. The van der Waals surface area contributed by atoms with Crippen LogP contribution in [-0.4, -0.2) is 42.5 Å². The summed E-state index contributed by atoms with van der Waals surface area (Å²) in [6, 6.07) is 7.64.